The molecule has 0 radical (unpaired) electrons. The van der Waals surface area contributed by atoms with E-state index in [1.54, 1.807) is 0 Å². The smallest absolute Gasteiger partial charge is 0.258 e. The number of hydrogen-bond donors (Lipinski definition) is 3. The Kier molecular flexibility index (Phi) is 2.41. The zero-order valence-electron chi connectivity index (χ0n) is 6.38. The lowest BCUT2D eigenvalue weighted by Gasteiger charge is -2.09. The monoisotopic (exact) mass is 177 g/mol. The van der Waals surface area contributed by atoms with Crippen molar-refractivity contribution in [3.63, 3.8) is 0 Å². The third kappa shape index (κ3) is 2.04. The summed E-state index contributed by atoms with van der Waals surface area (Å²) >= 11 is 0. The third-order valence-electron chi connectivity index (χ3n) is 1.24. The van der Waals surface area contributed by atoms with E-state index in [0.29, 0.717) is 0 Å². The van der Waals surface area contributed by atoms with E-state index >= 15 is 0 Å². The Bertz CT molecular complexity index is 248. The van der Waals surface area contributed by atoms with E-state index in [-0.39, 0.29) is 11.9 Å². The molecule has 12 heavy (non-hydrogen) atoms. The van der Waals surface area contributed by atoms with Gasteiger partial charge in [-0.2, -0.15) is 4.98 Å². The minimum Gasteiger partial charge on any atom is -0.368 e. The van der Waals surface area contributed by atoms with Crippen LogP contribution in [0.1, 0.15) is 6.92 Å². The van der Waals surface area contributed by atoms with Crippen molar-refractivity contribution in [1.82, 2.24) is 15.2 Å². The lowest BCUT2D eigenvalue weighted by molar-refractivity contribution is 0.130. The summed E-state index contributed by atoms with van der Waals surface area (Å²) in [5.41, 5.74) is 5.17. The quantitative estimate of drug-likeness (QED) is 0.626. The van der Waals surface area contributed by atoms with Crippen LogP contribution in [0.5, 0.6) is 0 Å². The molecular weight excluding hydrogens is 168 g/mol. The predicted octanol–water partition coefficient (Wildman–Crippen LogP) is 0.452. The lowest BCUT2D eigenvalue weighted by atomic mass is 10.4. The molecule has 1 aromatic rings. The van der Waals surface area contributed by atoms with Crippen LogP contribution >= 0.6 is 0 Å². The van der Waals surface area contributed by atoms with Gasteiger partial charge in [0.1, 0.15) is 0 Å². The Hall–Kier alpha value is -1.40. The third-order valence-corrected chi connectivity index (χ3v) is 1.24. The summed E-state index contributed by atoms with van der Waals surface area (Å²) in [6, 6.07) is -0.986. The van der Waals surface area contributed by atoms with Gasteiger partial charge >= 0.3 is 0 Å². The molecule has 7 heteroatoms. The predicted molar refractivity (Wildman–Crippen MR) is 39.9 cm³/mol. The normalized spacial score (nSPS) is 13.3. The number of halogens is 2. The number of aromatic amines is 1. The van der Waals surface area contributed by atoms with Crippen LogP contribution in [0.4, 0.5) is 20.7 Å². The molecule has 0 bridgehead atoms. The standard InChI is InChI=1S/C5H9F2N5/c1-2(3(6)7)9-5-10-4(8)11-12-5/h2-3H,1H3,(H4,8,9,10,11,12). The van der Waals surface area contributed by atoms with Crippen molar-refractivity contribution in [1.29, 1.82) is 0 Å². The Morgan fingerprint density at radius 3 is 2.67 bits per heavy atom. The second-order valence-corrected chi connectivity index (χ2v) is 2.31. The van der Waals surface area contributed by atoms with E-state index in [0.717, 1.165) is 0 Å². The Morgan fingerprint density at radius 1 is 1.58 bits per heavy atom. The van der Waals surface area contributed by atoms with Crippen molar-refractivity contribution < 1.29 is 8.78 Å². The van der Waals surface area contributed by atoms with Crippen molar-refractivity contribution >= 4 is 11.9 Å². The molecule has 0 aliphatic heterocycles. The van der Waals surface area contributed by atoms with Crippen molar-refractivity contribution in [3.8, 4) is 0 Å². The van der Waals surface area contributed by atoms with Crippen molar-refractivity contribution in [2.24, 2.45) is 0 Å². The second-order valence-electron chi connectivity index (χ2n) is 2.31. The zero-order valence-corrected chi connectivity index (χ0v) is 6.38. The number of aromatic nitrogens is 3. The molecule has 0 spiro atoms. The molecule has 4 N–H and O–H groups in total. The maximum Gasteiger partial charge on any atom is 0.258 e. The first kappa shape index (κ1) is 8.69. The number of nitrogen functional groups attached to an aromatic ring is 1. The van der Waals surface area contributed by atoms with E-state index in [1.165, 1.54) is 6.92 Å². The molecular formula is C5H9F2N5. The van der Waals surface area contributed by atoms with E-state index < -0.39 is 12.5 Å². The first-order valence-electron chi connectivity index (χ1n) is 3.32. The summed E-state index contributed by atoms with van der Waals surface area (Å²) in [5.74, 6) is 0.180. The Balaban J connectivity index is 2.52. The topological polar surface area (TPSA) is 79.6 Å². The molecule has 1 heterocycles. The fourth-order valence-corrected chi connectivity index (χ4v) is 0.605. The van der Waals surface area contributed by atoms with Crippen LogP contribution in [0.3, 0.4) is 0 Å². The molecule has 0 aliphatic rings. The zero-order chi connectivity index (χ0) is 9.14. The summed E-state index contributed by atoms with van der Waals surface area (Å²) in [4.78, 5) is 3.60. The number of alkyl halides is 2. The first-order valence-corrected chi connectivity index (χ1v) is 3.32. The van der Waals surface area contributed by atoms with Crippen LogP contribution < -0.4 is 11.1 Å². The van der Waals surface area contributed by atoms with Crippen LogP contribution in [-0.2, 0) is 0 Å². The maximum absolute atomic E-state index is 12.0. The molecule has 1 unspecified atom stereocenters. The minimum atomic E-state index is -2.45. The molecule has 68 valence electrons. The molecule has 0 aromatic carbocycles. The molecule has 0 saturated heterocycles. The van der Waals surface area contributed by atoms with Crippen molar-refractivity contribution in [2.45, 2.75) is 19.4 Å². The number of nitrogens with zero attached hydrogens (tertiary/aromatic N) is 2. The highest BCUT2D eigenvalue weighted by molar-refractivity contribution is 5.30. The summed E-state index contributed by atoms with van der Waals surface area (Å²) in [6.07, 6.45) is -2.45. The lowest BCUT2D eigenvalue weighted by Crippen LogP contribution is -2.24. The van der Waals surface area contributed by atoms with E-state index in [4.69, 9.17) is 5.73 Å². The van der Waals surface area contributed by atoms with Gasteiger partial charge in [-0.25, -0.2) is 13.9 Å². The summed E-state index contributed by atoms with van der Waals surface area (Å²) in [5, 5.41) is 8.23. The largest absolute Gasteiger partial charge is 0.368 e. The number of nitrogens with two attached hydrogens (primary N) is 1. The van der Waals surface area contributed by atoms with Crippen LogP contribution in [0.15, 0.2) is 0 Å². The van der Waals surface area contributed by atoms with Gasteiger partial charge in [0.05, 0.1) is 6.04 Å². The minimum absolute atomic E-state index is 0.0836. The van der Waals surface area contributed by atoms with E-state index in [9.17, 15) is 8.78 Å². The van der Waals surface area contributed by atoms with Gasteiger partial charge in [0.2, 0.25) is 11.9 Å². The Labute approximate surface area is 67.4 Å². The molecule has 5 nitrogen and oxygen atoms in total. The molecule has 0 fully saturated rings. The van der Waals surface area contributed by atoms with Crippen LogP contribution in [-0.4, -0.2) is 27.6 Å². The maximum atomic E-state index is 12.0. The second kappa shape index (κ2) is 3.33. The number of rotatable bonds is 3. The van der Waals surface area contributed by atoms with Gasteiger partial charge in [-0.05, 0) is 6.92 Å². The SMILES string of the molecule is CC(Nc1n[nH]c(N)n1)C(F)F. The summed E-state index contributed by atoms with van der Waals surface area (Å²) < 4.78 is 23.9. The average molecular weight is 177 g/mol. The highest BCUT2D eigenvalue weighted by Crippen LogP contribution is 2.06. The fourth-order valence-electron chi connectivity index (χ4n) is 0.605. The van der Waals surface area contributed by atoms with Gasteiger partial charge < -0.3 is 11.1 Å². The van der Waals surface area contributed by atoms with E-state index in [2.05, 4.69) is 20.5 Å². The van der Waals surface area contributed by atoms with Gasteiger partial charge in [0.25, 0.3) is 6.43 Å². The van der Waals surface area contributed by atoms with Crippen molar-refractivity contribution in [2.75, 3.05) is 11.1 Å². The van der Waals surface area contributed by atoms with Crippen molar-refractivity contribution in [3.05, 3.63) is 0 Å². The van der Waals surface area contributed by atoms with Crippen LogP contribution in [0.2, 0.25) is 0 Å². The van der Waals surface area contributed by atoms with Gasteiger partial charge in [-0.15, -0.1) is 5.10 Å². The van der Waals surface area contributed by atoms with Gasteiger partial charge in [0.15, 0.2) is 0 Å². The molecule has 0 amide bonds. The highest BCUT2D eigenvalue weighted by Gasteiger charge is 2.15. The molecule has 1 atom stereocenters. The van der Waals surface area contributed by atoms with Gasteiger partial charge in [-0.3, -0.25) is 0 Å². The van der Waals surface area contributed by atoms with Gasteiger partial charge in [-0.1, -0.05) is 0 Å². The number of hydrogen-bond acceptors (Lipinski definition) is 4. The fraction of sp³-hybridized carbons (Fsp3) is 0.600. The van der Waals surface area contributed by atoms with Crippen LogP contribution in [0.25, 0.3) is 0 Å². The summed E-state index contributed by atoms with van der Waals surface area (Å²) in [6.45, 7) is 1.33. The summed E-state index contributed by atoms with van der Waals surface area (Å²) in [7, 11) is 0. The highest BCUT2D eigenvalue weighted by atomic mass is 19.3. The average Bonchev–Trinajstić information content (AvgIpc) is 2.35. The Morgan fingerprint density at radius 2 is 2.25 bits per heavy atom. The molecule has 0 saturated carbocycles. The van der Waals surface area contributed by atoms with Crippen LogP contribution in [0, 0.1) is 0 Å². The first-order chi connectivity index (χ1) is 5.59. The van der Waals surface area contributed by atoms with Gasteiger partial charge in [0, 0.05) is 0 Å². The molecule has 0 aliphatic carbocycles. The molecule has 1 aromatic heterocycles. The number of nitrogens with one attached hydrogen (secondary N) is 2. The number of anilines is 2. The number of H-pyrrole nitrogens is 1. The van der Waals surface area contributed by atoms with E-state index in [1.807, 2.05) is 0 Å². The molecule has 1 rings (SSSR count).